The van der Waals surface area contributed by atoms with Gasteiger partial charge < -0.3 is 5.11 Å². The van der Waals surface area contributed by atoms with Gasteiger partial charge in [0, 0.05) is 5.39 Å². The van der Waals surface area contributed by atoms with E-state index in [4.69, 9.17) is 5.11 Å². The first-order valence-electron chi connectivity index (χ1n) is 3.90. The van der Waals surface area contributed by atoms with Gasteiger partial charge in [-0.3, -0.25) is 9.89 Å². The summed E-state index contributed by atoms with van der Waals surface area (Å²) in [5.74, 6) is -2.40. The first-order valence-corrected chi connectivity index (χ1v) is 3.90. The highest BCUT2D eigenvalue weighted by Crippen LogP contribution is 2.15. The number of carboxylic acids is 1. The van der Waals surface area contributed by atoms with E-state index in [0.717, 1.165) is 5.39 Å². The zero-order chi connectivity index (χ0) is 10.1. The Labute approximate surface area is 78.4 Å². The first kappa shape index (κ1) is 8.43. The van der Waals surface area contributed by atoms with E-state index in [9.17, 15) is 9.59 Å². The number of Topliss-reactive ketones (excluding diaryl/α,β-unsaturated/α-hetero) is 1. The number of benzene rings is 1. The third kappa shape index (κ3) is 1.15. The Morgan fingerprint density at radius 1 is 1.36 bits per heavy atom. The van der Waals surface area contributed by atoms with Crippen LogP contribution in [0, 0.1) is 0 Å². The highest BCUT2D eigenvalue weighted by molar-refractivity contribution is 6.41. The average molecular weight is 190 g/mol. The number of nitrogens with zero attached hydrogens (tertiary/aromatic N) is 1. The zero-order valence-corrected chi connectivity index (χ0v) is 7.02. The second-order valence-corrected chi connectivity index (χ2v) is 2.77. The predicted molar refractivity (Wildman–Crippen MR) is 48.1 cm³/mol. The van der Waals surface area contributed by atoms with E-state index in [0.29, 0.717) is 5.52 Å². The number of aliphatic carboxylic acids is 1. The molecule has 2 rings (SSSR count). The predicted octanol–water partition coefficient (Wildman–Crippen LogP) is 0.830. The normalized spacial score (nSPS) is 10.3. The fourth-order valence-electron chi connectivity index (χ4n) is 1.27. The van der Waals surface area contributed by atoms with Crippen molar-refractivity contribution in [3.8, 4) is 0 Å². The van der Waals surface area contributed by atoms with Crippen molar-refractivity contribution in [1.82, 2.24) is 10.2 Å². The molecular formula is C9H6N2O3. The van der Waals surface area contributed by atoms with Crippen molar-refractivity contribution in [2.75, 3.05) is 0 Å². The molecule has 0 atom stereocenters. The number of ketones is 1. The molecule has 5 nitrogen and oxygen atoms in total. The van der Waals surface area contributed by atoms with Gasteiger partial charge in [0.15, 0.2) is 0 Å². The number of carboxylic acid groups (broad SMARTS) is 1. The SMILES string of the molecule is O=C(O)C(=O)c1cccc2cn[nH]c12. The molecule has 0 amide bonds. The van der Waals surface area contributed by atoms with Crippen molar-refractivity contribution in [2.45, 2.75) is 0 Å². The maximum absolute atomic E-state index is 11.2. The number of aromatic nitrogens is 2. The second kappa shape index (κ2) is 2.95. The molecular weight excluding hydrogens is 184 g/mol. The average Bonchev–Trinajstić information content (AvgIpc) is 2.63. The van der Waals surface area contributed by atoms with Crippen LogP contribution in [0.5, 0.6) is 0 Å². The maximum atomic E-state index is 11.2. The van der Waals surface area contributed by atoms with Crippen LogP contribution in [0.2, 0.25) is 0 Å². The lowest BCUT2D eigenvalue weighted by Crippen LogP contribution is -2.12. The minimum Gasteiger partial charge on any atom is -0.475 e. The number of aromatic amines is 1. The summed E-state index contributed by atoms with van der Waals surface area (Å²) in [5, 5.41) is 15.6. The van der Waals surface area contributed by atoms with Gasteiger partial charge in [-0.1, -0.05) is 12.1 Å². The van der Waals surface area contributed by atoms with Gasteiger partial charge in [0.1, 0.15) is 0 Å². The standard InChI is InChI=1S/C9H6N2O3/c12-8(9(13)14)6-3-1-2-5-4-10-11-7(5)6/h1-4H,(H,10,11)(H,13,14). The quantitative estimate of drug-likeness (QED) is 0.542. The molecule has 0 radical (unpaired) electrons. The molecule has 0 saturated carbocycles. The van der Waals surface area contributed by atoms with Crippen molar-refractivity contribution < 1.29 is 14.7 Å². The lowest BCUT2D eigenvalue weighted by atomic mass is 10.1. The summed E-state index contributed by atoms with van der Waals surface area (Å²) in [6.07, 6.45) is 1.54. The molecule has 14 heavy (non-hydrogen) atoms. The zero-order valence-electron chi connectivity index (χ0n) is 7.02. The van der Waals surface area contributed by atoms with Crippen molar-refractivity contribution >= 4 is 22.7 Å². The van der Waals surface area contributed by atoms with Crippen molar-refractivity contribution in [3.63, 3.8) is 0 Å². The van der Waals surface area contributed by atoms with E-state index in [1.165, 1.54) is 12.3 Å². The van der Waals surface area contributed by atoms with Gasteiger partial charge in [-0.25, -0.2) is 4.79 Å². The molecule has 0 aliphatic carbocycles. The minimum atomic E-state index is -1.47. The van der Waals surface area contributed by atoms with Crippen molar-refractivity contribution in [2.24, 2.45) is 0 Å². The summed E-state index contributed by atoms with van der Waals surface area (Å²) >= 11 is 0. The number of para-hydroxylation sites is 1. The Bertz CT molecular complexity index is 516. The molecule has 70 valence electrons. The molecule has 1 heterocycles. The Kier molecular flexibility index (Phi) is 1.78. The first-order chi connectivity index (χ1) is 6.70. The molecule has 5 heteroatoms. The van der Waals surface area contributed by atoms with Gasteiger partial charge in [-0.2, -0.15) is 5.10 Å². The Morgan fingerprint density at radius 3 is 2.86 bits per heavy atom. The summed E-state index contributed by atoms with van der Waals surface area (Å²) in [6.45, 7) is 0. The molecule has 2 N–H and O–H groups in total. The topological polar surface area (TPSA) is 83.0 Å². The number of carbonyl (C=O) groups excluding carboxylic acids is 1. The van der Waals surface area contributed by atoms with Crippen LogP contribution in [0.4, 0.5) is 0 Å². The van der Waals surface area contributed by atoms with Crippen LogP contribution in [-0.2, 0) is 4.79 Å². The van der Waals surface area contributed by atoms with Gasteiger partial charge in [-0.15, -0.1) is 0 Å². The molecule has 0 saturated heterocycles. The maximum Gasteiger partial charge on any atom is 0.377 e. The molecule has 0 fully saturated rings. The number of fused-ring (bicyclic) bond motifs is 1. The van der Waals surface area contributed by atoms with Crippen LogP contribution in [0.25, 0.3) is 10.9 Å². The molecule has 0 aliphatic heterocycles. The van der Waals surface area contributed by atoms with Crippen molar-refractivity contribution in [1.29, 1.82) is 0 Å². The van der Waals surface area contributed by atoms with Gasteiger partial charge in [0.2, 0.25) is 0 Å². The highest BCUT2D eigenvalue weighted by atomic mass is 16.4. The number of carbonyl (C=O) groups is 2. The third-order valence-electron chi connectivity index (χ3n) is 1.92. The summed E-state index contributed by atoms with van der Waals surface area (Å²) < 4.78 is 0. The Balaban J connectivity index is 2.67. The largest absolute Gasteiger partial charge is 0.475 e. The number of hydrogen-bond donors (Lipinski definition) is 2. The summed E-state index contributed by atoms with van der Waals surface area (Å²) in [5.41, 5.74) is 0.590. The van der Waals surface area contributed by atoms with Crippen LogP contribution in [0.15, 0.2) is 24.4 Å². The highest BCUT2D eigenvalue weighted by Gasteiger charge is 2.17. The molecule has 0 unspecified atom stereocenters. The summed E-state index contributed by atoms with van der Waals surface area (Å²) in [6, 6.07) is 4.82. The number of hydrogen-bond acceptors (Lipinski definition) is 3. The monoisotopic (exact) mass is 190 g/mol. The van der Waals surface area contributed by atoms with Gasteiger partial charge in [0.25, 0.3) is 5.78 Å². The third-order valence-corrected chi connectivity index (χ3v) is 1.92. The smallest absolute Gasteiger partial charge is 0.377 e. The van der Waals surface area contributed by atoms with Crippen LogP contribution in [0.1, 0.15) is 10.4 Å². The van der Waals surface area contributed by atoms with Crippen LogP contribution in [-0.4, -0.2) is 27.1 Å². The number of H-pyrrole nitrogens is 1. The Morgan fingerprint density at radius 2 is 2.14 bits per heavy atom. The van der Waals surface area contributed by atoms with Crippen LogP contribution >= 0.6 is 0 Å². The lowest BCUT2D eigenvalue weighted by Gasteiger charge is -1.96. The van der Waals surface area contributed by atoms with Gasteiger partial charge in [-0.05, 0) is 6.07 Å². The molecule has 0 aliphatic rings. The van der Waals surface area contributed by atoms with E-state index < -0.39 is 11.8 Å². The van der Waals surface area contributed by atoms with Crippen LogP contribution in [0.3, 0.4) is 0 Å². The fourth-order valence-corrected chi connectivity index (χ4v) is 1.27. The molecule has 1 aromatic heterocycles. The fraction of sp³-hybridized carbons (Fsp3) is 0. The van der Waals surface area contributed by atoms with E-state index in [2.05, 4.69) is 10.2 Å². The van der Waals surface area contributed by atoms with Gasteiger partial charge in [0.05, 0.1) is 17.3 Å². The van der Waals surface area contributed by atoms with Gasteiger partial charge >= 0.3 is 5.97 Å². The van der Waals surface area contributed by atoms with Crippen molar-refractivity contribution in [3.05, 3.63) is 30.0 Å². The van der Waals surface area contributed by atoms with E-state index in [1.807, 2.05) is 0 Å². The lowest BCUT2D eigenvalue weighted by molar-refractivity contribution is -0.131. The number of nitrogens with one attached hydrogen (secondary N) is 1. The van der Waals surface area contributed by atoms with E-state index in [-0.39, 0.29) is 5.56 Å². The molecule has 2 aromatic rings. The number of rotatable bonds is 2. The Hall–Kier alpha value is -2.17. The minimum absolute atomic E-state index is 0.132. The molecule has 1 aromatic carbocycles. The van der Waals surface area contributed by atoms with E-state index in [1.54, 1.807) is 12.1 Å². The second-order valence-electron chi connectivity index (χ2n) is 2.77. The van der Waals surface area contributed by atoms with E-state index >= 15 is 0 Å². The summed E-state index contributed by atoms with van der Waals surface area (Å²) in [7, 11) is 0. The molecule has 0 bridgehead atoms. The molecule has 0 spiro atoms. The summed E-state index contributed by atoms with van der Waals surface area (Å²) in [4.78, 5) is 21.7. The van der Waals surface area contributed by atoms with Crippen LogP contribution < -0.4 is 0 Å².